The molecular weight excluding hydrogens is 294 g/mol. The number of hydrogen-bond donors (Lipinski definition) is 2. The fraction of sp³-hybridized carbons (Fsp3) is 0.667. The third-order valence-corrected chi connectivity index (χ3v) is 4.96. The first kappa shape index (κ1) is 14.2. The summed E-state index contributed by atoms with van der Waals surface area (Å²) < 4.78 is 1.52. The van der Waals surface area contributed by atoms with Gasteiger partial charge in [-0.2, -0.15) is 11.8 Å². The van der Waals surface area contributed by atoms with Crippen molar-refractivity contribution in [1.29, 1.82) is 0 Å². The van der Waals surface area contributed by atoms with Gasteiger partial charge in [0.05, 0.1) is 12.2 Å². The zero-order valence-corrected chi connectivity index (χ0v) is 12.3. The van der Waals surface area contributed by atoms with Gasteiger partial charge in [-0.05, 0) is 18.6 Å². The number of aromatic nitrogens is 3. The molecule has 2 aliphatic rings. The molecule has 2 fully saturated rings. The molecule has 1 aromatic rings. The lowest BCUT2D eigenvalue weighted by Gasteiger charge is -2.39. The number of carbonyl (C=O) groups is 2. The summed E-state index contributed by atoms with van der Waals surface area (Å²) in [6, 6.07) is 0.231. The number of carboxylic acids is 1. The monoisotopic (exact) mass is 311 g/mol. The van der Waals surface area contributed by atoms with E-state index in [1.807, 2.05) is 11.8 Å². The number of carbonyl (C=O) groups excluding carboxylic acids is 1. The summed E-state index contributed by atoms with van der Waals surface area (Å²) in [4.78, 5) is 24.5. The first-order valence-electron chi connectivity index (χ1n) is 6.92. The van der Waals surface area contributed by atoms with Crippen molar-refractivity contribution in [3.8, 4) is 0 Å². The summed E-state index contributed by atoms with van der Waals surface area (Å²) in [5.41, 5.74) is -0.0721. The second-order valence-electron chi connectivity index (χ2n) is 5.31. The Kier molecular flexibility index (Phi) is 4.00. The topological polar surface area (TPSA) is 100 Å². The Morgan fingerprint density at radius 2 is 2.24 bits per heavy atom. The highest BCUT2D eigenvalue weighted by Gasteiger charge is 2.34. The van der Waals surface area contributed by atoms with Gasteiger partial charge in [0.15, 0.2) is 5.69 Å². The molecular formula is C12H17N5O3S. The molecule has 8 nitrogen and oxygen atoms in total. The Hall–Kier alpha value is -1.77. The van der Waals surface area contributed by atoms with E-state index in [0.29, 0.717) is 13.1 Å². The molecule has 1 atom stereocenters. The summed E-state index contributed by atoms with van der Waals surface area (Å²) in [5.74, 6) is 1.06. The lowest BCUT2D eigenvalue weighted by atomic mass is 10.1. The van der Waals surface area contributed by atoms with Crippen LogP contribution in [0.5, 0.6) is 0 Å². The van der Waals surface area contributed by atoms with E-state index in [0.717, 1.165) is 18.6 Å². The largest absolute Gasteiger partial charge is 0.476 e. The van der Waals surface area contributed by atoms with Gasteiger partial charge in [0.1, 0.15) is 0 Å². The second kappa shape index (κ2) is 5.92. The number of urea groups is 1. The molecule has 2 N–H and O–H groups in total. The van der Waals surface area contributed by atoms with Crippen molar-refractivity contribution in [2.75, 3.05) is 24.6 Å². The molecule has 9 heteroatoms. The maximum Gasteiger partial charge on any atom is 0.358 e. The average molecular weight is 311 g/mol. The van der Waals surface area contributed by atoms with Gasteiger partial charge in [0.2, 0.25) is 0 Å². The summed E-state index contributed by atoms with van der Waals surface area (Å²) in [6.45, 7) is 1.07. The average Bonchev–Trinajstić information content (AvgIpc) is 2.88. The Morgan fingerprint density at radius 1 is 1.43 bits per heavy atom. The normalized spacial score (nSPS) is 22.7. The van der Waals surface area contributed by atoms with E-state index in [2.05, 4.69) is 15.6 Å². The van der Waals surface area contributed by atoms with Gasteiger partial charge in [0, 0.05) is 24.9 Å². The van der Waals surface area contributed by atoms with Gasteiger partial charge >= 0.3 is 12.0 Å². The van der Waals surface area contributed by atoms with E-state index in [1.54, 1.807) is 4.90 Å². The number of likely N-dealkylation sites (tertiary alicyclic amines) is 1. The highest BCUT2D eigenvalue weighted by atomic mass is 32.2. The van der Waals surface area contributed by atoms with E-state index in [-0.39, 0.29) is 23.8 Å². The number of nitrogens with one attached hydrogen (secondary N) is 1. The lowest BCUT2D eigenvalue weighted by molar-refractivity contribution is 0.0690. The van der Waals surface area contributed by atoms with Gasteiger partial charge in [-0.25, -0.2) is 14.3 Å². The molecule has 2 saturated heterocycles. The van der Waals surface area contributed by atoms with Crippen molar-refractivity contribution in [3.63, 3.8) is 0 Å². The van der Waals surface area contributed by atoms with Gasteiger partial charge < -0.3 is 15.3 Å². The van der Waals surface area contributed by atoms with Crippen molar-refractivity contribution in [3.05, 3.63) is 11.9 Å². The van der Waals surface area contributed by atoms with Crippen molar-refractivity contribution in [2.45, 2.75) is 24.9 Å². The number of nitrogens with zero attached hydrogens (tertiary/aromatic N) is 4. The number of thioether (sulfide) groups is 1. The van der Waals surface area contributed by atoms with Gasteiger partial charge in [-0.15, -0.1) is 5.10 Å². The number of rotatable bonds is 3. The van der Waals surface area contributed by atoms with Crippen LogP contribution in [0.1, 0.15) is 29.4 Å². The summed E-state index contributed by atoms with van der Waals surface area (Å²) >= 11 is 1.87. The van der Waals surface area contributed by atoms with Crippen LogP contribution in [0, 0.1) is 0 Å². The van der Waals surface area contributed by atoms with Crippen LogP contribution in [0.15, 0.2) is 6.20 Å². The molecule has 0 spiro atoms. The third-order valence-electron chi connectivity index (χ3n) is 3.74. The molecule has 114 valence electrons. The zero-order valence-electron chi connectivity index (χ0n) is 11.4. The predicted octanol–water partition coefficient (Wildman–Crippen LogP) is 0.438. The fourth-order valence-electron chi connectivity index (χ4n) is 2.46. The summed E-state index contributed by atoms with van der Waals surface area (Å²) in [6.07, 6.45) is 3.59. The van der Waals surface area contributed by atoms with Gasteiger partial charge in [0.25, 0.3) is 0 Å². The smallest absolute Gasteiger partial charge is 0.358 e. The Balaban J connectivity index is 1.48. The molecule has 2 aliphatic heterocycles. The van der Waals surface area contributed by atoms with Crippen molar-refractivity contribution < 1.29 is 14.7 Å². The van der Waals surface area contributed by atoms with Crippen molar-refractivity contribution in [1.82, 2.24) is 25.2 Å². The Morgan fingerprint density at radius 3 is 2.86 bits per heavy atom. The molecule has 21 heavy (non-hydrogen) atoms. The minimum absolute atomic E-state index is 0.0112. The molecule has 0 aliphatic carbocycles. The molecule has 3 heterocycles. The second-order valence-corrected chi connectivity index (χ2v) is 6.46. The predicted molar refractivity (Wildman–Crippen MR) is 76.5 cm³/mol. The van der Waals surface area contributed by atoms with E-state index < -0.39 is 5.97 Å². The molecule has 2 amide bonds. The summed E-state index contributed by atoms with van der Waals surface area (Å²) in [7, 11) is 0. The zero-order chi connectivity index (χ0) is 14.8. The molecule has 0 saturated carbocycles. The Bertz CT molecular complexity index is 537. The highest BCUT2D eigenvalue weighted by molar-refractivity contribution is 7.99. The van der Waals surface area contributed by atoms with E-state index in [9.17, 15) is 9.59 Å². The number of aromatic carboxylic acids is 1. The van der Waals surface area contributed by atoms with Crippen LogP contribution >= 0.6 is 11.8 Å². The van der Waals surface area contributed by atoms with Crippen LogP contribution < -0.4 is 5.32 Å². The first-order chi connectivity index (χ1) is 10.1. The first-order valence-corrected chi connectivity index (χ1v) is 8.07. The number of amides is 2. The highest BCUT2D eigenvalue weighted by Crippen LogP contribution is 2.22. The molecule has 3 rings (SSSR count). The standard InChI is InChI=1S/C12H17N5O3S/c18-11(19)10-6-17(15-14-10)9-4-16(5-9)12(20)13-8-2-1-3-21-7-8/h6,8-9H,1-5,7H2,(H,13,20)(H,18,19). The van der Waals surface area contributed by atoms with Crippen molar-refractivity contribution in [2.24, 2.45) is 0 Å². The molecule has 1 aromatic heterocycles. The van der Waals surface area contributed by atoms with Gasteiger partial charge in [-0.1, -0.05) is 5.21 Å². The third kappa shape index (κ3) is 3.12. The van der Waals surface area contributed by atoms with Crippen LogP contribution in [0.2, 0.25) is 0 Å². The van der Waals surface area contributed by atoms with Crippen LogP contribution in [0.4, 0.5) is 4.79 Å². The fourth-order valence-corrected chi connectivity index (χ4v) is 3.53. The van der Waals surface area contributed by atoms with Gasteiger partial charge in [-0.3, -0.25) is 0 Å². The maximum atomic E-state index is 12.1. The lowest BCUT2D eigenvalue weighted by Crippen LogP contribution is -2.56. The molecule has 0 aromatic carbocycles. The SMILES string of the molecule is O=C(O)c1cn(C2CN(C(=O)NC3CCCSC3)C2)nn1. The minimum Gasteiger partial charge on any atom is -0.476 e. The number of carboxylic acid groups (broad SMARTS) is 1. The van der Waals surface area contributed by atoms with Crippen LogP contribution in [0.25, 0.3) is 0 Å². The van der Waals surface area contributed by atoms with E-state index in [4.69, 9.17) is 5.11 Å². The minimum atomic E-state index is -1.09. The summed E-state index contributed by atoms with van der Waals surface area (Å²) in [5, 5.41) is 19.2. The van der Waals surface area contributed by atoms with Crippen LogP contribution in [-0.2, 0) is 0 Å². The van der Waals surface area contributed by atoms with Crippen LogP contribution in [0.3, 0.4) is 0 Å². The van der Waals surface area contributed by atoms with E-state index >= 15 is 0 Å². The van der Waals surface area contributed by atoms with Crippen molar-refractivity contribution >= 4 is 23.8 Å². The van der Waals surface area contributed by atoms with Crippen LogP contribution in [-0.4, -0.2) is 67.6 Å². The Labute approximate surface area is 125 Å². The van der Waals surface area contributed by atoms with E-state index in [1.165, 1.54) is 16.6 Å². The quantitative estimate of drug-likeness (QED) is 0.840. The number of hydrogen-bond acceptors (Lipinski definition) is 5. The maximum absolute atomic E-state index is 12.1. The molecule has 0 bridgehead atoms. The molecule has 0 radical (unpaired) electrons. The molecule has 1 unspecified atom stereocenters.